The van der Waals surface area contributed by atoms with Crippen molar-refractivity contribution in [1.82, 2.24) is 0 Å². The summed E-state index contributed by atoms with van der Waals surface area (Å²) in [4.78, 5) is 0. The molecule has 0 bridgehead atoms. The van der Waals surface area contributed by atoms with Crippen LogP contribution in [0.2, 0.25) is 0 Å². The molecule has 0 aromatic heterocycles. The van der Waals surface area contributed by atoms with Gasteiger partial charge in [0, 0.05) is 32.7 Å². The van der Waals surface area contributed by atoms with E-state index in [2.05, 4.69) is 5.73 Å². The van der Waals surface area contributed by atoms with Gasteiger partial charge in [-0.2, -0.15) is 0 Å². The van der Waals surface area contributed by atoms with E-state index in [0.717, 1.165) is 0 Å². The molecular weight excluding hydrogens is 151 g/mol. The molecule has 6 heavy (non-hydrogen) atoms. The van der Waals surface area contributed by atoms with Crippen LogP contribution < -0.4 is 5.73 Å². The number of hydrogen-bond acceptors (Lipinski definition) is 1. The van der Waals surface area contributed by atoms with Gasteiger partial charge in [0.15, 0.2) is 0 Å². The van der Waals surface area contributed by atoms with Crippen molar-refractivity contribution >= 4 is 0 Å². The Morgan fingerprint density at radius 3 is 1.00 bits per heavy atom. The van der Waals surface area contributed by atoms with Crippen LogP contribution >= 0.6 is 0 Å². The van der Waals surface area contributed by atoms with E-state index in [-0.39, 0.29) is 40.1 Å². The van der Waals surface area contributed by atoms with E-state index >= 15 is 0 Å². The zero-order valence-electron chi connectivity index (χ0n) is 5.15. The molecule has 0 aromatic rings. The minimum absolute atomic E-state index is 0. The van der Waals surface area contributed by atoms with Gasteiger partial charge in [-0.05, 0) is 7.05 Å². The van der Waals surface area contributed by atoms with Crippen LogP contribution in [-0.4, -0.2) is 7.05 Å². The van der Waals surface area contributed by atoms with Gasteiger partial charge >= 0.3 is 0 Å². The third-order valence-corrected chi connectivity index (χ3v) is 0. The fourth-order valence-electron chi connectivity index (χ4n) is 0. The van der Waals surface area contributed by atoms with Crippen LogP contribution in [0.1, 0.15) is 13.8 Å². The maximum Gasteiger partial charge on any atom is 0 e. The summed E-state index contributed by atoms with van der Waals surface area (Å²) in [7, 11) is 1.50. The van der Waals surface area contributed by atoms with Gasteiger partial charge in [0.1, 0.15) is 0 Å². The van der Waals surface area contributed by atoms with Gasteiger partial charge in [0.05, 0.1) is 0 Å². The molecule has 1 radical (unpaired) electrons. The Labute approximate surface area is 66.6 Å². The summed E-state index contributed by atoms with van der Waals surface area (Å²) in [6.45, 7) is 4.00. The van der Waals surface area contributed by atoms with Crippen molar-refractivity contribution < 1.29 is 32.7 Å². The van der Waals surface area contributed by atoms with Crippen molar-refractivity contribution in [3.8, 4) is 0 Å². The van der Waals surface area contributed by atoms with Crippen LogP contribution in [0.3, 0.4) is 0 Å². The van der Waals surface area contributed by atoms with Gasteiger partial charge in [-0.15, -0.1) is 0 Å². The third kappa shape index (κ3) is 73.9. The first-order valence-corrected chi connectivity index (χ1v) is 1.58. The van der Waals surface area contributed by atoms with E-state index in [1.54, 1.807) is 0 Å². The standard InChI is InChI=1S/C2H6.CH5N.CH3.Y/c2*1-2;;/h1-2H3;2H2,1H3;1H3;/q;;-1;. The molecule has 39 valence electrons. The average Bonchev–Trinajstić information content (AvgIpc) is 1.50. The molecule has 2 heteroatoms. The molecule has 0 rings (SSSR count). The molecule has 0 aliphatic rings. The molecule has 0 unspecified atom stereocenters. The predicted molar refractivity (Wildman–Crippen MR) is 27.9 cm³/mol. The van der Waals surface area contributed by atoms with Crippen molar-refractivity contribution in [3.63, 3.8) is 0 Å². The van der Waals surface area contributed by atoms with Crippen LogP contribution in [0.15, 0.2) is 0 Å². The Bertz CT molecular complexity index is 7.51. The van der Waals surface area contributed by atoms with Gasteiger partial charge in [0.25, 0.3) is 0 Å². The van der Waals surface area contributed by atoms with E-state index in [1.165, 1.54) is 7.05 Å². The third-order valence-electron chi connectivity index (χ3n) is 0. The summed E-state index contributed by atoms with van der Waals surface area (Å²) in [6, 6.07) is 0. The first-order chi connectivity index (χ1) is 2.00. The van der Waals surface area contributed by atoms with Crippen molar-refractivity contribution in [1.29, 1.82) is 0 Å². The van der Waals surface area contributed by atoms with Crippen molar-refractivity contribution in [3.05, 3.63) is 7.43 Å². The summed E-state index contributed by atoms with van der Waals surface area (Å²) >= 11 is 0. The fourth-order valence-corrected chi connectivity index (χ4v) is 0. The van der Waals surface area contributed by atoms with Gasteiger partial charge in [-0.1, -0.05) is 13.8 Å². The Hall–Kier alpha value is 1.06. The van der Waals surface area contributed by atoms with Crippen LogP contribution in [0, 0.1) is 7.43 Å². The number of rotatable bonds is 0. The monoisotopic (exact) mass is 165 g/mol. The number of nitrogens with two attached hydrogens (primary N) is 1. The maximum atomic E-state index is 4.50. The van der Waals surface area contributed by atoms with E-state index in [0.29, 0.717) is 0 Å². The molecule has 0 atom stereocenters. The second-order valence-corrected chi connectivity index (χ2v) is 0. The molecule has 0 amide bonds. The molecule has 0 saturated heterocycles. The second-order valence-electron chi connectivity index (χ2n) is 0. The van der Waals surface area contributed by atoms with E-state index in [1.807, 2.05) is 13.8 Å². The summed E-state index contributed by atoms with van der Waals surface area (Å²) in [5, 5.41) is 0. The van der Waals surface area contributed by atoms with E-state index in [9.17, 15) is 0 Å². The quantitative estimate of drug-likeness (QED) is 0.533. The van der Waals surface area contributed by atoms with E-state index < -0.39 is 0 Å². The topological polar surface area (TPSA) is 26.0 Å². The van der Waals surface area contributed by atoms with E-state index in [4.69, 9.17) is 0 Å². The molecule has 0 saturated carbocycles. The first-order valence-electron chi connectivity index (χ1n) is 1.58. The fraction of sp³-hybridized carbons (Fsp3) is 0.750. The summed E-state index contributed by atoms with van der Waals surface area (Å²) < 4.78 is 0. The zero-order chi connectivity index (χ0) is 4.00. The van der Waals surface area contributed by atoms with Crippen LogP contribution in [0.25, 0.3) is 0 Å². The van der Waals surface area contributed by atoms with Gasteiger partial charge in [-0.3, -0.25) is 0 Å². The second kappa shape index (κ2) is 137. The Kier molecular flexibility index (Phi) is 634. The van der Waals surface area contributed by atoms with Gasteiger partial charge in [0.2, 0.25) is 0 Å². The largest absolute Gasteiger partial charge is 0.358 e. The SMILES string of the molecule is CC.CN.[CH3-].[Y]. The average molecular weight is 165 g/mol. The van der Waals surface area contributed by atoms with Crippen LogP contribution in [-0.2, 0) is 32.7 Å². The molecule has 0 aromatic carbocycles. The zero-order valence-corrected chi connectivity index (χ0v) is 7.99. The van der Waals surface area contributed by atoms with Crippen LogP contribution in [0.5, 0.6) is 0 Å². The molecule has 0 spiro atoms. The normalized spacial score (nSPS) is 2.00. The first kappa shape index (κ1) is 27.7. The summed E-state index contributed by atoms with van der Waals surface area (Å²) in [6.07, 6.45) is 0. The molecule has 1 nitrogen and oxygen atoms in total. The van der Waals surface area contributed by atoms with Crippen molar-refractivity contribution in [2.24, 2.45) is 5.73 Å². The maximum absolute atomic E-state index is 4.50. The van der Waals surface area contributed by atoms with Crippen molar-refractivity contribution in [2.75, 3.05) is 7.05 Å². The van der Waals surface area contributed by atoms with Gasteiger partial charge < -0.3 is 13.2 Å². The van der Waals surface area contributed by atoms with Crippen LogP contribution in [0.4, 0.5) is 0 Å². The molecule has 0 aliphatic carbocycles. The van der Waals surface area contributed by atoms with Gasteiger partial charge in [-0.25, -0.2) is 0 Å². The predicted octanol–water partition coefficient (Wildman–Crippen LogP) is 1.05. The minimum atomic E-state index is 0. The Balaban J connectivity index is -0.00000000500. The molecule has 0 aliphatic heterocycles. The Morgan fingerprint density at radius 1 is 1.00 bits per heavy atom. The summed E-state index contributed by atoms with van der Waals surface area (Å²) in [5.74, 6) is 0. The number of hydrogen-bond donors (Lipinski definition) is 1. The smallest absolute Gasteiger partial charge is 0 e. The molecular formula is C4H14NY-. The molecule has 0 fully saturated rings. The summed E-state index contributed by atoms with van der Waals surface area (Å²) in [5.41, 5.74) is 4.50. The van der Waals surface area contributed by atoms with Crippen molar-refractivity contribution in [2.45, 2.75) is 13.8 Å². The molecule has 0 heterocycles. The molecule has 2 N–H and O–H groups in total. The minimum Gasteiger partial charge on any atom is -0.358 e. The Morgan fingerprint density at radius 2 is 1.00 bits per heavy atom.